The second kappa shape index (κ2) is 19.8. The summed E-state index contributed by atoms with van der Waals surface area (Å²) in [6.07, 6.45) is 17.2. The second-order valence-electron chi connectivity index (χ2n) is 8.81. The summed E-state index contributed by atoms with van der Waals surface area (Å²) in [5.41, 5.74) is 1.70. The summed E-state index contributed by atoms with van der Waals surface area (Å²) in [6.45, 7) is 5.40. The van der Waals surface area contributed by atoms with Crippen molar-refractivity contribution in [1.82, 2.24) is 0 Å². The number of ether oxygens (including phenoxy) is 2. The van der Waals surface area contributed by atoms with Gasteiger partial charge in [0.1, 0.15) is 0 Å². The Kier molecular flexibility index (Phi) is 17.5. The highest BCUT2D eigenvalue weighted by Gasteiger charge is 2.12. The number of carbonyl (C=O) groups excluding carboxylic acids is 2. The predicted molar refractivity (Wildman–Crippen MR) is 132 cm³/mol. The van der Waals surface area contributed by atoms with E-state index in [4.69, 9.17) is 9.47 Å². The van der Waals surface area contributed by atoms with Gasteiger partial charge in [0.15, 0.2) is 0 Å². The van der Waals surface area contributed by atoms with Crippen molar-refractivity contribution in [3.8, 4) is 0 Å². The van der Waals surface area contributed by atoms with Gasteiger partial charge in [0.2, 0.25) is 0 Å². The highest BCUT2D eigenvalue weighted by Crippen LogP contribution is 2.13. The van der Waals surface area contributed by atoms with E-state index in [0.29, 0.717) is 13.2 Å². The summed E-state index contributed by atoms with van der Waals surface area (Å²) >= 11 is 0. The highest BCUT2D eigenvalue weighted by molar-refractivity contribution is 5.76. The molecule has 0 spiro atoms. The third kappa shape index (κ3) is 15.0. The lowest BCUT2D eigenvalue weighted by atomic mass is 10.0. The van der Waals surface area contributed by atoms with E-state index >= 15 is 0 Å². The van der Waals surface area contributed by atoms with Crippen LogP contribution in [0.2, 0.25) is 0 Å². The smallest absolute Gasteiger partial charge is 0.310 e. The van der Waals surface area contributed by atoms with Crippen LogP contribution >= 0.6 is 0 Å². The van der Waals surface area contributed by atoms with Gasteiger partial charge in [-0.05, 0) is 24.0 Å². The molecule has 0 aromatic heterocycles. The molecule has 0 radical (unpaired) electrons. The first-order valence-electron chi connectivity index (χ1n) is 13.0. The van der Waals surface area contributed by atoms with Crippen LogP contribution in [0.3, 0.4) is 0 Å². The minimum absolute atomic E-state index is 0.206. The molecule has 0 aliphatic heterocycles. The molecule has 1 rings (SSSR count). The predicted octanol–water partition coefficient (Wildman–Crippen LogP) is 7.36. The Labute approximate surface area is 196 Å². The molecule has 4 nitrogen and oxygen atoms in total. The van der Waals surface area contributed by atoms with Crippen LogP contribution in [0, 0.1) is 0 Å². The Hall–Kier alpha value is -1.84. The molecule has 0 N–H and O–H groups in total. The molecule has 0 aliphatic carbocycles. The molecular formula is C28H46O4. The van der Waals surface area contributed by atoms with Crippen molar-refractivity contribution in [2.24, 2.45) is 0 Å². The lowest BCUT2D eigenvalue weighted by molar-refractivity contribution is -0.144. The van der Waals surface area contributed by atoms with Crippen LogP contribution in [-0.2, 0) is 31.9 Å². The SMILES string of the molecule is CCCCCCCCCOC(=O)Cc1ccccc1CC(=O)OCCCCCCCCC. The van der Waals surface area contributed by atoms with Gasteiger partial charge in [-0.15, -0.1) is 0 Å². The topological polar surface area (TPSA) is 52.6 Å². The summed E-state index contributed by atoms with van der Waals surface area (Å²) in [5.74, 6) is -0.445. The third-order valence-corrected chi connectivity index (χ3v) is 5.81. The van der Waals surface area contributed by atoms with Gasteiger partial charge >= 0.3 is 11.9 Å². The Morgan fingerprint density at radius 3 is 1.28 bits per heavy atom. The minimum atomic E-state index is -0.222. The highest BCUT2D eigenvalue weighted by atomic mass is 16.5. The summed E-state index contributed by atoms with van der Waals surface area (Å²) in [4.78, 5) is 24.4. The van der Waals surface area contributed by atoms with Crippen molar-refractivity contribution in [2.45, 2.75) is 117 Å². The van der Waals surface area contributed by atoms with E-state index in [-0.39, 0.29) is 24.8 Å². The molecule has 0 aliphatic rings. The quantitative estimate of drug-likeness (QED) is 0.155. The van der Waals surface area contributed by atoms with Crippen LogP contribution in [0.5, 0.6) is 0 Å². The van der Waals surface area contributed by atoms with E-state index in [0.717, 1.165) is 36.8 Å². The fourth-order valence-electron chi connectivity index (χ4n) is 3.81. The van der Waals surface area contributed by atoms with Gasteiger partial charge < -0.3 is 9.47 Å². The number of esters is 2. The van der Waals surface area contributed by atoms with Crippen LogP contribution in [-0.4, -0.2) is 25.2 Å². The van der Waals surface area contributed by atoms with Gasteiger partial charge in [-0.2, -0.15) is 0 Å². The van der Waals surface area contributed by atoms with Crippen LogP contribution in [0.15, 0.2) is 24.3 Å². The molecule has 32 heavy (non-hydrogen) atoms. The molecule has 0 unspecified atom stereocenters. The van der Waals surface area contributed by atoms with Crippen LogP contribution in [0.1, 0.15) is 115 Å². The van der Waals surface area contributed by atoms with E-state index < -0.39 is 0 Å². The largest absolute Gasteiger partial charge is 0.465 e. The van der Waals surface area contributed by atoms with Crippen LogP contribution in [0.4, 0.5) is 0 Å². The number of rotatable bonds is 20. The Bertz CT molecular complexity index is 558. The zero-order valence-electron chi connectivity index (χ0n) is 20.7. The van der Waals surface area contributed by atoms with Gasteiger partial charge in [0.25, 0.3) is 0 Å². The Morgan fingerprint density at radius 2 is 0.906 bits per heavy atom. The molecular weight excluding hydrogens is 400 g/mol. The number of hydrogen-bond donors (Lipinski definition) is 0. The molecule has 1 aromatic rings. The van der Waals surface area contributed by atoms with Crippen molar-refractivity contribution >= 4 is 11.9 Å². The Morgan fingerprint density at radius 1 is 0.562 bits per heavy atom. The maximum atomic E-state index is 12.2. The van der Waals surface area contributed by atoms with Gasteiger partial charge in [-0.1, -0.05) is 115 Å². The second-order valence-corrected chi connectivity index (χ2v) is 8.81. The molecule has 0 saturated heterocycles. The number of hydrogen-bond acceptors (Lipinski definition) is 4. The summed E-state index contributed by atoms with van der Waals surface area (Å²) in [5, 5.41) is 0. The zero-order chi connectivity index (χ0) is 23.3. The fraction of sp³-hybridized carbons (Fsp3) is 0.714. The lowest BCUT2D eigenvalue weighted by Crippen LogP contribution is -2.14. The van der Waals surface area contributed by atoms with Crippen molar-refractivity contribution < 1.29 is 19.1 Å². The van der Waals surface area contributed by atoms with Gasteiger partial charge in [0, 0.05) is 0 Å². The molecule has 0 bridgehead atoms. The molecule has 0 fully saturated rings. The standard InChI is InChI=1S/C28H46O4/c1-3-5-7-9-11-13-17-21-31-27(29)23-25-19-15-16-20-26(25)24-28(30)32-22-18-14-12-10-8-6-4-2/h15-16,19-20H,3-14,17-18,21-24H2,1-2H3. The first kappa shape index (κ1) is 28.2. The number of carbonyl (C=O) groups is 2. The van der Waals surface area contributed by atoms with Crippen LogP contribution < -0.4 is 0 Å². The first-order chi connectivity index (χ1) is 15.7. The van der Waals surface area contributed by atoms with Crippen molar-refractivity contribution in [1.29, 1.82) is 0 Å². The molecule has 0 amide bonds. The van der Waals surface area contributed by atoms with E-state index in [1.807, 2.05) is 24.3 Å². The molecule has 0 heterocycles. The maximum Gasteiger partial charge on any atom is 0.310 e. The minimum Gasteiger partial charge on any atom is -0.465 e. The van der Waals surface area contributed by atoms with E-state index in [1.54, 1.807) is 0 Å². The van der Waals surface area contributed by atoms with E-state index in [2.05, 4.69) is 13.8 Å². The summed E-state index contributed by atoms with van der Waals surface area (Å²) < 4.78 is 10.8. The summed E-state index contributed by atoms with van der Waals surface area (Å²) in [7, 11) is 0. The average Bonchev–Trinajstić information content (AvgIpc) is 2.78. The van der Waals surface area contributed by atoms with Gasteiger partial charge in [-0.25, -0.2) is 0 Å². The first-order valence-corrected chi connectivity index (χ1v) is 13.0. The summed E-state index contributed by atoms with van der Waals surface area (Å²) in [6, 6.07) is 7.58. The molecule has 0 atom stereocenters. The van der Waals surface area contributed by atoms with E-state index in [1.165, 1.54) is 64.2 Å². The molecule has 182 valence electrons. The molecule has 1 aromatic carbocycles. The zero-order valence-corrected chi connectivity index (χ0v) is 20.7. The fourth-order valence-corrected chi connectivity index (χ4v) is 3.81. The number of benzene rings is 1. The van der Waals surface area contributed by atoms with Gasteiger partial charge in [0.05, 0.1) is 26.1 Å². The van der Waals surface area contributed by atoms with Crippen molar-refractivity contribution in [3.05, 3.63) is 35.4 Å². The van der Waals surface area contributed by atoms with Crippen LogP contribution in [0.25, 0.3) is 0 Å². The molecule has 4 heteroatoms. The normalized spacial score (nSPS) is 10.8. The maximum absolute atomic E-state index is 12.2. The monoisotopic (exact) mass is 446 g/mol. The van der Waals surface area contributed by atoms with Crippen molar-refractivity contribution in [2.75, 3.05) is 13.2 Å². The van der Waals surface area contributed by atoms with Gasteiger partial charge in [-0.3, -0.25) is 9.59 Å². The van der Waals surface area contributed by atoms with E-state index in [9.17, 15) is 9.59 Å². The number of unbranched alkanes of at least 4 members (excludes halogenated alkanes) is 12. The Balaban J connectivity index is 2.22. The third-order valence-electron chi connectivity index (χ3n) is 5.81. The lowest BCUT2D eigenvalue weighted by Gasteiger charge is -2.10. The molecule has 0 saturated carbocycles. The average molecular weight is 447 g/mol. The van der Waals surface area contributed by atoms with Crippen molar-refractivity contribution in [3.63, 3.8) is 0 Å².